The van der Waals surface area contributed by atoms with Gasteiger partial charge in [-0.05, 0) is 67.7 Å². The number of carbonyl (C=O) groups is 2. The van der Waals surface area contributed by atoms with E-state index < -0.39 is 11.9 Å². The molecule has 0 amide bonds. The zero-order valence-corrected chi connectivity index (χ0v) is 20.5. The molecule has 2 aliphatic carbocycles. The summed E-state index contributed by atoms with van der Waals surface area (Å²) in [6.45, 7) is 0. The maximum Gasteiger partial charge on any atom is 0.345 e. The topological polar surface area (TPSA) is 106 Å². The van der Waals surface area contributed by atoms with Crippen molar-refractivity contribution >= 4 is 60.6 Å². The van der Waals surface area contributed by atoms with Crippen molar-refractivity contribution in [1.82, 2.24) is 9.97 Å². The molecule has 0 saturated heterocycles. The second-order valence-electron chi connectivity index (χ2n) is 9.07. The lowest BCUT2D eigenvalue weighted by molar-refractivity contribution is 0.0691. The minimum absolute atomic E-state index is 0.407. The number of aromatic amines is 2. The van der Waals surface area contributed by atoms with E-state index in [2.05, 4.69) is 22.2 Å². The third-order valence-corrected chi connectivity index (χ3v) is 9.16. The molecule has 4 heterocycles. The van der Waals surface area contributed by atoms with E-state index in [-0.39, 0.29) is 0 Å². The molecule has 1 fully saturated rings. The number of H-pyrrole nitrogens is 2. The number of hydrogen-bond acceptors (Lipinski definition) is 4. The van der Waals surface area contributed by atoms with Gasteiger partial charge in [0.05, 0.1) is 20.4 Å². The molecular formula is C26H28N2O4S2. The van der Waals surface area contributed by atoms with Crippen LogP contribution in [-0.2, 0) is 0 Å². The molecule has 1 saturated carbocycles. The van der Waals surface area contributed by atoms with Gasteiger partial charge in [0.25, 0.3) is 0 Å². The molecule has 4 aromatic heterocycles. The summed E-state index contributed by atoms with van der Waals surface area (Å²) in [5.74, 6) is -1.05. The second-order valence-corrected chi connectivity index (χ2v) is 11.2. The number of fused-ring (bicyclic) bond motifs is 2. The molecule has 178 valence electrons. The van der Waals surface area contributed by atoms with Gasteiger partial charge in [-0.15, -0.1) is 22.7 Å². The van der Waals surface area contributed by atoms with Crippen molar-refractivity contribution in [2.45, 2.75) is 63.7 Å². The van der Waals surface area contributed by atoms with Gasteiger partial charge in [0, 0.05) is 18.0 Å². The number of carboxylic acid groups (broad SMARTS) is 2. The van der Waals surface area contributed by atoms with E-state index in [0.717, 1.165) is 33.3 Å². The average Bonchev–Trinajstić information content (AvgIpc) is 3.60. The van der Waals surface area contributed by atoms with Crippen LogP contribution in [0.3, 0.4) is 0 Å². The van der Waals surface area contributed by atoms with Crippen LogP contribution in [0.2, 0.25) is 0 Å². The molecule has 6 rings (SSSR count). The summed E-state index contributed by atoms with van der Waals surface area (Å²) in [7, 11) is 0. The summed E-state index contributed by atoms with van der Waals surface area (Å²) in [4.78, 5) is 29.1. The van der Waals surface area contributed by atoms with Crippen LogP contribution in [0, 0.1) is 0 Å². The van der Waals surface area contributed by atoms with Gasteiger partial charge in [0.1, 0.15) is 9.75 Å². The first-order valence-corrected chi connectivity index (χ1v) is 13.5. The summed E-state index contributed by atoms with van der Waals surface area (Å²) >= 11 is 2.76. The molecule has 0 atom stereocenters. The summed E-state index contributed by atoms with van der Waals surface area (Å²) in [5, 5.41) is 18.0. The van der Waals surface area contributed by atoms with Crippen LogP contribution in [0.1, 0.15) is 94.2 Å². The zero-order valence-electron chi connectivity index (χ0n) is 18.9. The minimum atomic E-state index is -0.844. The monoisotopic (exact) mass is 496 g/mol. The van der Waals surface area contributed by atoms with Crippen LogP contribution >= 0.6 is 22.7 Å². The van der Waals surface area contributed by atoms with Gasteiger partial charge in [-0.3, -0.25) is 0 Å². The average molecular weight is 497 g/mol. The Hall–Kier alpha value is -2.84. The number of aromatic carboxylic acids is 2. The summed E-state index contributed by atoms with van der Waals surface area (Å²) in [6.07, 6.45) is 17.5. The third-order valence-electron chi connectivity index (χ3n) is 6.83. The van der Waals surface area contributed by atoms with E-state index >= 15 is 0 Å². The van der Waals surface area contributed by atoms with Crippen molar-refractivity contribution in [3.63, 3.8) is 0 Å². The highest BCUT2D eigenvalue weighted by atomic mass is 32.1. The number of thiophene rings is 2. The Balaban J connectivity index is 0.000000142. The highest BCUT2D eigenvalue weighted by Crippen LogP contribution is 2.39. The molecule has 0 aromatic carbocycles. The molecule has 4 aromatic rings. The number of rotatable bonds is 4. The number of carboxylic acids is 2. The van der Waals surface area contributed by atoms with E-state index in [4.69, 9.17) is 10.2 Å². The van der Waals surface area contributed by atoms with Crippen molar-refractivity contribution in [3.05, 3.63) is 51.5 Å². The van der Waals surface area contributed by atoms with Crippen molar-refractivity contribution in [1.29, 1.82) is 0 Å². The van der Waals surface area contributed by atoms with Gasteiger partial charge in [0.2, 0.25) is 0 Å². The molecule has 0 spiro atoms. The van der Waals surface area contributed by atoms with Gasteiger partial charge in [-0.2, -0.15) is 0 Å². The second kappa shape index (κ2) is 9.80. The number of allylic oxidation sites excluding steroid dienone is 2. The van der Waals surface area contributed by atoms with Gasteiger partial charge in [-0.25, -0.2) is 9.59 Å². The van der Waals surface area contributed by atoms with Crippen molar-refractivity contribution < 1.29 is 19.8 Å². The molecule has 34 heavy (non-hydrogen) atoms. The van der Waals surface area contributed by atoms with Gasteiger partial charge >= 0.3 is 11.9 Å². The van der Waals surface area contributed by atoms with E-state index in [1.807, 2.05) is 6.20 Å². The molecule has 8 heteroatoms. The molecule has 2 aliphatic rings. The predicted molar refractivity (Wildman–Crippen MR) is 139 cm³/mol. The van der Waals surface area contributed by atoms with E-state index in [1.54, 1.807) is 12.1 Å². The Labute approximate surface area is 205 Å². The van der Waals surface area contributed by atoms with Crippen LogP contribution in [-0.4, -0.2) is 32.1 Å². The Morgan fingerprint density at radius 1 is 0.824 bits per heavy atom. The Kier molecular flexibility index (Phi) is 6.61. The normalized spacial score (nSPS) is 16.9. The predicted octanol–water partition coefficient (Wildman–Crippen LogP) is 7.86. The first-order valence-electron chi connectivity index (χ1n) is 11.9. The molecule has 0 aliphatic heterocycles. The summed E-state index contributed by atoms with van der Waals surface area (Å²) < 4.78 is 2.23. The van der Waals surface area contributed by atoms with Crippen LogP contribution in [0.25, 0.3) is 26.0 Å². The fourth-order valence-electron chi connectivity index (χ4n) is 5.10. The van der Waals surface area contributed by atoms with E-state index in [0.29, 0.717) is 15.7 Å². The molecule has 4 N–H and O–H groups in total. The Morgan fingerprint density at radius 3 is 2.12 bits per heavy atom. The maximum atomic E-state index is 11.0. The van der Waals surface area contributed by atoms with Gasteiger partial charge in [0.15, 0.2) is 0 Å². The number of hydrogen-bond donors (Lipinski definition) is 4. The highest BCUT2D eigenvalue weighted by Gasteiger charge is 2.21. The van der Waals surface area contributed by atoms with E-state index in [9.17, 15) is 9.59 Å². The molecule has 6 nitrogen and oxygen atoms in total. The minimum Gasteiger partial charge on any atom is -0.477 e. The Morgan fingerprint density at radius 2 is 1.47 bits per heavy atom. The van der Waals surface area contributed by atoms with Gasteiger partial charge < -0.3 is 20.2 Å². The van der Waals surface area contributed by atoms with Crippen molar-refractivity contribution in [3.8, 4) is 0 Å². The van der Waals surface area contributed by atoms with Crippen LogP contribution in [0.5, 0.6) is 0 Å². The van der Waals surface area contributed by atoms with Gasteiger partial charge in [-0.1, -0.05) is 25.3 Å². The lowest BCUT2D eigenvalue weighted by atomic mass is 9.85. The third kappa shape index (κ3) is 4.57. The summed E-state index contributed by atoms with van der Waals surface area (Å²) in [5.41, 5.74) is 5.80. The maximum absolute atomic E-state index is 11.0. The standard InChI is InChI=1S/C13H15NO2S.C13H13NO2S/c2*15-13(16)11-6-10-12(17-11)9(7-14-10)8-4-2-1-3-5-8/h6-8,14H,1-5H2,(H,15,16);4,6-7,14H,1-3,5H2,(H,15,16). The first-order chi connectivity index (χ1) is 16.5. The van der Waals surface area contributed by atoms with Crippen LogP contribution in [0.15, 0.2) is 30.6 Å². The largest absolute Gasteiger partial charge is 0.477 e. The Bertz CT molecular complexity index is 1360. The van der Waals surface area contributed by atoms with Crippen molar-refractivity contribution in [2.75, 3.05) is 0 Å². The lowest BCUT2D eigenvalue weighted by Gasteiger charge is -2.20. The lowest BCUT2D eigenvalue weighted by Crippen LogP contribution is -2.03. The fourth-order valence-corrected chi connectivity index (χ4v) is 7.16. The molecule has 0 bridgehead atoms. The fraction of sp³-hybridized carbons (Fsp3) is 0.385. The SMILES string of the molecule is O=C(O)c1cc2[nH]cc(C3=CCCCC3)c2s1.O=C(O)c1cc2[nH]cc(C3CCCCC3)c2s1. The van der Waals surface area contributed by atoms with E-state index in [1.165, 1.54) is 84.3 Å². The van der Waals surface area contributed by atoms with Crippen molar-refractivity contribution in [2.24, 2.45) is 0 Å². The molecular weight excluding hydrogens is 468 g/mol. The molecule has 0 radical (unpaired) electrons. The zero-order chi connectivity index (χ0) is 23.7. The smallest absolute Gasteiger partial charge is 0.345 e. The van der Waals surface area contributed by atoms with Crippen LogP contribution in [0.4, 0.5) is 0 Å². The van der Waals surface area contributed by atoms with Crippen LogP contribution < -0.4 is 0 Å². The first kappa shape index (κ1) is 22.9. The molecule has 0 unspecified atom stereocenters. The quantitative estimate of drug-likeness (QED) is 0.231. The number of aromatic nitrogens is 2. The number of nitrogens with one attached hydrogen (secondary N) is 2. The highest BCUT2D eigenvalue weighted by molar-refractivity contribution is 7.21. The summed E-state index contributed by atoms with van der Waals surface area (Å²) in [6, 6.07) is 3.46.